The van der Waals surface area contributed by atoms with Gasteiger partial charge in [0.15, 0.2) is 23.3 Å². The van der Waals surface area contributed by atoms with Crippen molar-refractivity contribution in [1.29, 1.82) is 0 Å². The van der Waals surface area contributed by atoms with E-state index in [2.05, 4.69) is 60.0 Å². The molecule has 12 aromatic rings. The molecule has 3 saturated carbocycles. The first kappa shape index (κ1) is 109. The van der Waals surface area contributed by atoms with Crippen molar-refractivity contribution in [3.63, 3.8) is 0 Å². The number of amides is 4. The predicted octanol–water partition coefficient (Wildman–Crippen LogP) is 19.1. The van der Waals surface area contributed by atoms with Gasteiger partial charge in [-0.3, -0.25) is 36.8 Å². The number of likely N-dealkylation sites (N-methyl/N-ethyl adjacent to an activating group) is 1. The van der Waals surface area contributed by atoms with Crippen molar-refractivity contribution in [2.75, 3.05) is 63.3 Å². The van der Waals surface area contributed by atoms with Crippen LogP contribution in [-0.2, 0) is 4.74 Å². The van der Waals surface area contributed by atoms with Gasteiger partial charge in [0.2, 0.25) is 0 Å². The van der Waals surface area contributed by atoms with E-state index >= 15 is 17.6 Å². The van der Waals surface area contributed by atoms with Crippen LogP contribution >= 0.6 is 73.4 Å². The summed E-state index contributed by atoms with van der Waals surface area (Å²) < 4.78 is 98.4. The second-order valence-corrected chi connectivity index (χ2v) is 38.5. The molecule has 12 N–H and O–H groups in total. The summed E-state index contributed by atoms with van der Waals surface area (Å²) in [5.74, 6) is -1.18. The van der Waals surface area contributed by atoms with Gasteiger partial charge in [-0.25, -0.2) is 57.4 Å². The molecule has 3 aliphatic carbocycles. The van der Waals surface area contributed by atoms with Crippen LogP contribution in [0, 0.1) is 62.8 Å². The summed E-state index contributed by atoms with van der Waals surface area (Å²) >= 11 is 25.2. The summed E-state index contributed by atoms with van der Waals surface area (Å²) in [7, 11) is 3.77. The van der Waals surface area contributed by atoms with Crippen LogP contribution in [0.3, 0.4) is 0 Å². The molecule has 30 nitrogen and oxygen atoms in total. The monoisotopic (exact) mass is 2020 g/mol. The SMILES string of the molecule is CCOCC1(NC(=O)c2c(F)c(Cl)cc([C@H](C)c3nc(C)c4c(N)nccn34)c2OC(C)C)CC1.Cc1nc([C@@H](C)c2cc(Cl)c(F)c(C(=O)NCCN(C)C)c2OC(C)C)n2ccnc(N)c12.Cc1nc([C@@H](C)c2cc(Cl)c(F)c(C(=O)N[C@H]3CC[C@@H](C)C3)c2OC(C)C)n2ccnc(N)c12.Cc1nc([C@H](C)c2cc(Cl)c(F)c(C(=O)N[C@H]3CC[C@@H](C)C3)c2OC(C)C)n2ccnc(N)c12.S.S. The van der Waals surface area contributed by atoms with E-state index in [9.17, 15) is 19.2 Å². The lowest BCUT2D eigenvalue weighted by Crippen LogP contribution is -2.41. The summed E-state index contributed by atoms with van der Waals surface area (Å²) in [6.07, 6.45) is 19.3. The van der Waals surface area contributed by atoms with Gasteiger partial charge in [-0.1, -0.05) is 87.9 Å². The number of nitrogens with two attached hydrogens (primary N) is 4. The zero-order valence-corrected chi connectivity index (χ0v) is 86.7. The molecule has 138 heavy (non-hydrogen) atoms. The van der Waals surface area contributed by atoms with Crippen LogP contribution in [0.1, 0.15) is 289 Å². The van der Waals surface area contributed by atoms with Gasteiger partial charge in [-0.2, -0.15) is 27.0 Å². The van der Waals surface area contributed by atoms with Crippen LogP contribution in [0.2, 0.25) is 20.1 Å². The first-order chi connectivity index (χ1) is 64.3. The molecule has 8 atom stereocenters. The highest BCUT2D eigenvalue weighted by Crippen LogP contribution is 2.47. The average molecular weight is 2030 g/mol. The van der Waals surface area contributed by atoms with Crippen molar-refractivity contribution < 1.29 is 60.4 Å². The first-order valence-electron chi connectivity index (χ1n) is 45.8. The van der Waals surface area contributed by atoms with E-state index in [1.807, 2.05) is 154 Å². The van der Waals surface area contributed by atoms with Crippen molar-refractivity contribution in [3.05, 3.63) is 208 Å². The number of imidazole rings is 4. The fourth-order valence-corrected chi connectivity index (χ4v) is 18.5. The Labute approximate surface area is 835 Å². The molecule has 0 radical (unpaired) electrons. The molecular formula is C98H127Cl4F4N21O9S2. The van der Waals surface area contributed by atoms with Crippen molar-refractivity contribution in [2.45, 2.75) is 249 Å². The average Bonchev–Trinajstić information content (AvgIpc) is 1.57. The Kier molecular flexibility index (Phi) is 36.4. The lowest BCUT2D eigenvalue weighted by Gasteiger charge is -2.24. The van der Waals surface area contributed by atoms with Crippen LogP contribution in [0.5, 0.6) is 23.0 Å². The van der Waals surface area contributed by atoms with Gasteiger partial charge in [-0.15, -0.1) is 0 Å². The molecule has 4 amide bonds. The molecule has 0 aliphatic heterocycles. The highest BCUT2D eigenvalue weighted by Gasteiger charge is 2.46. The number of nitrogens with one attached hydrogen (secondary N) is 4. The number of hydrogen-bond donors (Lipinski definition) is 8. The Morgan fingerprint density at radius 1 is 0.449 bits per heavy atom. The van der Waals surface area contributed by atoms with Crippen LogP contribution in [0.25, 0.3) is 22.1 Å². The fraction of sp³-hybridized carbons (Fsp3) is 0.469. The number of benzene rings is 4. The number of carbonyl (C=O) groups is 4. The number of halogens is 8. The fourth-order valence-electron chi connectivity index (χ4n) is 17.6. The minimum atomic E-state index is -0.819. The maximum Gasteiger partial charge on any atom is 0.258 e. The molecule has 0 saturated heterocycles. The summed E-state index contributed by atoms with van der Waals surface area (Å²) in [6, 6.07) is 6.05. The van der Waals surface area contributed by atoms with Gasteiger partial charge in [0.25, 0.3) is 23.6 Å². The van der Waals surface area contributed by atoms with Gasteiger partial charge in [0, 0.05) is 127 Å². The second-order valence-electron chi connectivity index (χ2n) is 36.9. The van der Waals surface area contributed by atoms with Crippen molar-refractivity contribution in [2.24, 2.45) is 11.8 Å². The summed E-state index contributed by atoms with van der Waals surface area (Å²) in [6.45, 7) is 37.7. The van der Waals surface area contributed by atoms with Crippen molar-refractivity contribution in [1.82, 2.24) is 83.6 Å². The van der Waals surface area contributed by atoms with Crippen LogP contribution in [-0.4, -0.2) is 168 Å². The van der Waals surface area contributed by atoms with E-state index in [0.717, 1.165) is 62.8 Å². The number of nitrogens with zero attached hydrogens (tertiary/aromatic N) is 13. The van der Waals surface area contributed by atoms with Gasteiger partial charge in [0.05, 0.1) is 79.4 Å². The minimum absolute atomic E-state index is 0. The summed E-state index contributed by atoms with van der Waals surface area (Å²) in [4.78, 5) is 90.4. The van der Waals surface area contributed by atoms with Gasteiger partial charge < -0.3 is 72.8 Å². The molecule has 3 aliphatic rings. The molecule has 0 bridgehead atoms. The maximum absolute atomic E-state index is 15.4. The molecule has 0 spiro atoms. The van der Waals surface area contributed by atoms with Gasteiger partial charge in [-0.05, 0) is 192 Å². The molecule has 0 unspecified atom stereocenters. The first-order valence-corrected chi connectivity index (χ1v) is 47.3. The number of fused-ring (bicyclic) bond motifs is 4. The third-order valence-corrected chi connectivity index (χ3v) is 25.5. The number of rotatable bonds is 29. The Morgan fingerprint density at radius 3 is 0.957 bits per heavy atom. The number of ether oxygens (including phenoxy) is 5. The van der Waals surface area contributed by atoms with E-state index in [-0.39, 0.29) is 141 Å². The smallest absolute Gasteiger partial charge is 0.258 e. The van der Waals surface area contributed by atoms with Gasteiger partial charge >= 0.3 is 0 Å². The number of carbonyl (C=O) groups excluding carboxylic acids is 4. The maximum atomic E-state index is 15.4. The number of nitrogen functional groups attached to an aromatic ring is 4. The highest BCUT2D eigenvalue weighted by molar-refractivity contribution is 7.59. The topological polar surface area (TPSA) is 391 Å². The van der Waals surface area contributed by atoms with Crippen LogP contribution in [0.4, 0.5) is 40.8 Å². The molecular weight excluding hydrogens is 1900 g/mol. The number of aryl methyl sites for hydroxylation is 4. The molecule has 8 aromatic heterocycles. The van der Waals surface area contributed by atoms with Crippen LogP contribution in [0.15, 0.2) is 73.8 Å². The van der Waals surface area contributed by atoms with Crippen molar-refractivity contribution >= 4 is 142 Å². The van der Waals surface area contributed by atoms with E-state index < -0.39 is 64.3 Å². The Morgan fingerprint density at radius 2 is 0.717 bits per heavy atom. The third-order valence-electron chi connectivity index (χ3n) is 24.4. The van der Waals surface area contributed by atoms with Crippen LogP contribution < -0.4 is 63.1 Å². The summed E-state index contributed by atoms with van der Waals surface area (Å²) in [5, 5.41) is 11.1. The van der Waals surface area contributed by atoms with Crippen molar-refractivity contribution in [3.8, 4) is 23.0 Å². The second kappa shape index (κ2) is 46.0. The lowest BCUT2D eigenvalue weighted by atomic mass is 9.95. The number of anilines is 4. The molecule has 8 heterocycles. The normalized spacial score (nSPS) is 16.3. The minimum Gasteiger partial charge on any atom is -0.490 e. The predicted molar refractivity (Wildman–Crippen MR) is 543 cm³/mol. The van der Waals surface area contributed by atoms with E-state index in [0.29, 0.717) is 140 Å². The van der Waals surface area contributed by atoms with E-state index in [1.165, 1.54) is 24.3 Å². The zero-order chi connectivity index (χ0) is 99.4. The van der Waals surface area contributed by atoms with Gasteiger partial charge in [0.1, 0.15) is 114 Å². The highest BCUT2D eigenvalue weighted by atomic mass is 35.5. The number of aromatic nitrogens is 12. The largest absolute Gasteiger partial charge is 0.490 e. The Balaban J connectivity index is 0.000000189. The zero-order valence-electron chi connectivity index (χ0n) is 81.7. The lowest BCUT2D eigenvalue weighted by molar-refractivity contribution is 0.0820. The number of hydrogen-bond acceptors (Lipinski definition) is 22. The third kappa shape index (κ3) is 23.9. The van der Waals surface area contributed by atoms with E-state index in [1.54, 1.807) is 49.6 Å². The molecule has 746 valence electrons. The molecule has 4 aromatic carbocycles. The quantitative estimate of drug-likeness (QED) is 0.0202. The molecule has 15 rings (SSSR count). The van der Waals surface area contributed by atoms with E-state index in [4.69, 9.17) is 108 Å². The Bertz CT molecular complexity index is 6280. The Hall–Kier alpha value is -10.9. The summed E-state index contributed by atoms with van der Waals surface area (Å²) in [5.41, 5.74) is 31.0. The standard InChI is InChI=1S/C25H31ClFN5O3.2C25H31ClFN5O2.C23H30ClFN6O2.2H2S/c1-6-34-12-25(7-8-25)31-24(33)18-19(27)17(26)11-16(21(18)35-13(2)3)14(4)23-30-15(5)20-22(28)29-9-10-32(20)23;2*1-12(2)34-22-17(14(4)24-30-15(5)21-23(28)29-8-9-32(21)24)11-18(26)20(27)19(22)25(33)31-16-7-6-13(3)10-16;1-12(2)33-20-15(11-16(24)18(25)17(20)23(32)28-7-9-30(5)6)13(3)22-29-14(4)19-21(26)27-8-10-31(19)22;;/h9-11,13-14H,6-8,12H2,1-5H3,(H2,28,29)(H,31,33);2*8-9,11-14,16H,6-7,10H2,1-5H3,(H2,28,29)(H,31,33);8,10-13H,7,9H2,1-6H3,(H2,26,27)(H,28,32);2*1H2/t14-;13-,14+,16+;13-,14-,16+;13-;;/m0110../s1. The molecule has 40 heteroatoms. The molecule has 3 fully saturated rings.